The van der Waals surface area contributed by atoms with Crippen LogP contribution in [0.15, 0.2) is 0 Å². The van der Waals surface area contributed by atoms with E-state index in [2.05, 4.69) is 0 Å². The van der Waals surface area contributed by atoms with Gasteiger partial charge in [-0.15, -0.1) is 0 Å². The van der Waals surface area contributed by atoms with Crippen molar-refractivity contribution >= 4 is 27.3 Å². The van der Waals surface area contributed by atoms with Crippen LogP contribution >= 0.6 is 0 Å². The van der Waals surface area contributed by atoms with E-state index >= 15 is 0 Å². The molecule has 0 aromatic heterocycles. The molecule has 6 heteroatoms. The van der Waals surface area contributed by atoms with Gasteiger partial charge in [-0.2, -0.15) is 0 Å². The van der Waals surface area contributed by atoms with Crippen LogP contribution in [0.1, 0.15) is 0 Å². The topological polar surface area (TPSA) is 0 Å². The molecule has 0 saturated carbocycles. The van der Waals surface area contributed by atoms with E-state index in [0.29, 0.717) is 0 Å². The van der Waals surface area contributed by atoms with Gasteiger partial charge in [0.25, 0.3) is 0 Å². The Bertz CT molecular complexity index is 15.5. The predicted molar refractivity (Wildman–Crippen MR) is 8.54 cm³/mol. The standard InChI is InChI=1S/Cd.Cr.Cu.Ni.Pb.Zn.2H. The fraction of sp³-hybridized carbons (Fsp3) is 0. The molecular weight excluding hydrogens is 559 g/mol. The molecule has 0 aromatic carbocycles. The Hall–Kier alpha value is 4.01. The molecule has 0 aliphatic carbocycles. The maximum atomic E-state index is 0. The summed E-state index contributed by atoms with van der Waals surface area (Å²) in [6.07, 6.45) is 0. The van der Waals surface area contributed by atoms with E-state index in [1.165, 1.54) is 0 Å². The summed E-state index contributed by atoms with van der Waals surface area (Å²) in [6.45, 7) is 0. The minimum atomic E-state index is 0. The summed E-state index contributed by atoms with van der Waals surface area (Å²) >= 11 is 0. The van der Waals surface area contributed by atoms with E-state index in [0.717, 1.165) is 0 Å². The van der Waals surface area contributed by atoms with Crippen LogP contribution in [-0.2, 0) is 97.7 Å². The van der Waals surface area contributed by atoms with E-state index in [-0.39, 0.29) is 125 Å². The van der Waals surface area contributed by atoms with Gasteiger partial charge in [0.1, 0.15) is 0 Å². The summed E-state index contributed by atoms with van der Waals surface area (Å²) < 4.78 is 0. The van der Waals surface area contributed by atoms with Gasteiger partial charge in [-0.05, 0) is 0 Å². The van der Waals surface area contributed by atoms with E-state index in [9.17, 15) is 0 Å². The second-order valence-corrected chi connectivity index (χ2v) is 0. The van der Waals surface area contributed by atoms with Gasteiger partial charge in [0.2, 0.25) is 0 Å². The third-order valence-corrected chi connectivity index (χ3v) is 0. The molecule has 0 atom stereocenters. The molecule has 0 aliphatic heterocycles. The normalized spacial score (nSPS) is 0. The monoisotopic (exact) mass is 561 g/mol. The Kier molecular flexibility index (Phi) is 303. The van der Waals surface area contributed by atoms with Crippen molar-refractivity contribution in [1.29, 1.82) is 0 Å². The van der Waals surface area contributed by atoms with E-state index < -0.39 is 0 Å². The van der Waals surface area contributed by atoms with Crippen LogP contribution in [-0.4, -0.2) is 27.3 Å². The molecule has 0 saturated heterocycles. The Morgan fingerprint density at radius 2 is 1.00 bits per heavy atom. The average Bonchev–Trinajstić information content (AvgIpc) is 0. The van der Waals surface area contributed by atoms with Crippen molar-refractivity contribution in [1.82, 2.24) is 0 Å². The Labute approximate surface area is 122 Å². The number of hydrogen-bond donors (Lipinski definition) is 0. The summed E-state index contributed by atoms with van der Waals surface area (Å²) in [6, 6.07) is 0. The first-order chi connectivity index (χ1) is 0. The first-order valence-corrected chi connectivity index (χ1v) is 0. The Morgan fingerprint density at radius 1 is 1.00 bits per heavy atom. The first-order valence-electron chi connectivity index (χ1n) is 0. The van der Waals surface area contributed by atoms with E-state index in [1.54, 1.807) is 0 Å². The third-order valence-electron chi connectivity index (χ3n) is 0. The van der Waals surface area contributed by atoms with Crippen molar-refractivity contribution in [2.75, 3.05) is 0 Å². The van der Waals surface area contributed by atoms with Gasteiger partial charge in [0.05, 0.1) is 0 Å². The van der Waals surface area contributed by atoms with Gasteiger partial charge < -0.3 is 0 Å². The van der Waals surface area contributed by atoms with E-state index in [4.69, 9.17) is 0 Å². The van der Waals surface area contributed by atoms with Crippen molar-refractivity contribution < 1.29 is 97.7 Å². The van der Waals surface area contributed by atoms with Crippen LogP contribution in [0, 0.1) is 0 Å². The Balaban J connectivity index is 0. The quantitative estimate of drug-likeness (QED) is 0.336. The number of rotatable bonds is 0. The maximum Gasteiger partial charge on any atom is 0 e. The fourth-order valence-electron chi connectivity index (χ4n) is 0. The van der Waals surface area contributed by atoms with Gasteiger partial charge in [-0.3, -0.25) is 0 Å². The van der Waals surface area contributed by atoms with Crippen LogP contribution in [0.2, 0.25) is 0 Å². The van der Waals surface area contributed by atoms with Crippen LogP contribution in [0.5, 0.6) is 0 Å². The molecule has 0 N–H and O–H groups in total. The van der Waals surface area contributed by atoms with Crippen molar-refractivity contribution in [3.8, 4) is 0 Å². The molecule has 0 amide bonds. The zero-order valence-electron chi connectivity index (χ0n) is 3.15. The molecule has 6 heavy (non-hydrogen) atoms. The van der Waals surface area contributed by atoms with Crippen LogP contribution < -0.4 is 0 Å². The molecule has 0 heterocycles. The predicted octanol–water partition coefficient (Wildman–Crippen LogP) is -0.929. The van der Waals surface area contributed by atoms with Crippen molar-refractivity contribution in [2.45, 2.75) is 0 Å². The Morgan fingerprint density at radius 3 is 1.00 bits per heavy atom. The smallest absolute Gasteiger partial charge is 0 e. The molecule has 0 unspecified atom stereocenters. The van der Waals surface area contributed by atoms with Gasteiger partial charge in [0, 0.05) is 97.7 Å². The second kappa shape index (κ2) is 35.9. The van der Waals surface area contributed by atoms with Crippen LogP contribution in [0.4, 0.5) is 0 Å². The maximum absolute atomic E-state index is 0. The third kappa shape index (κ3) is 24.5. The first kappa shape index (κ1) is 50.5. The van der Waals surface area contributed by atoms with Crippen molar-refractivity contribution in [3.63, 3.8) is 0 Å². The zero-order valence-corrected chi connectivity index (χ0v) is 18.9. The number of hydrogen-bond acceptors (Lipinski definition) is 0. The second-order valence-electron chi connectivity index (χ2n) is 0. The molecule has 0 rings (SSSR count). The largest absolute Gasteiger partial charge is 0 e. The van der Waals surface area contributed by atoms with E-state index in [1.807, 2.05) is 0 Å². The van der Waals surface area contributed by atoms with Crippen LogP contribution in [0.3, 0.4) is 0 Å². The minimum absolute atomic E-state index is 0. The van der Waals surface area contributed by atoms with Gasteiger partial charge in [0.15, 0.2) is 0 Å². The van der Waals surface area contributed by atoms with Crippen LogP contribution in [0.25, 0.3) is 0 Å². The van der Waals surface area contributed by atoms with Gasteiger partial charge in [-0.1, -0.05) is 0 Å². The summed E-state index contributed by atoms with van der Waals surface area (Å²) in [4.78, 5) is 0. The van der Waals surface area contributed by atoms with Gasteiger partial charge >= 0.3 is 27.3 Å². The molecule has 37 valence electrons. The summed E-state index contributed by atoms with van der Waals surface area (Å²) in [5.74, 6) is 0. The average molecular weight is 561 g/mol. The molecular formula is H2CdCrCuNiPbZn. The minimum Gasteiger partial charge on any atom is 0 e. The molecule has 0 aromatic rings. The van der Waals surface area contributed by atoms with Crippen molar-refractivity contribution in [2.24, 2.45) is 0 Å². The molecule has 0 bridgehead atoms. The van der Waals surface area contributed by atoms with Crippen molar-refractivity contribution in [3.05, 3.63) is 0 Å². The SMILES string of the molecule is [Cd].[Cr].[Cu].[Ni].[PbH2].[Zn]. The summed E-state index contributed by atoms with van der Waals surface area (Å²) in [5.41, 5.74) is 0. The molecule has 0 aliphatic rings. The molecule has 3 radical (unpaired) electrons. The zero-order chi connectivity index (χ0) is 0. The van der Waals surface area contributed by atoms with Gasteiger partial charge in [-0.25, -0.2) is 0 Å². The summed E-state index contributed by atoms with van der Waals surface area (Å²) in [5, 5.41) is 0. The fourth-order valence-corrected chi connectivity index (χ4v) is 0. The summed E-state index contributed by atoms with van der Waals surface area (Å²) in [7, 11) is 0. The molecule has 0 fully saturated rings. The molecule has 0 nitrogen and oxygen atoms in total. The molecule has 0 spiro atoms.